The van der Waals surface area contributed by atoms with Crippen molar-refractivity contribution < 1.29 is 71.6 Å². The van der Waals surface area contributed by atoms with Gasteiger partial charge in [0.05, 0.1) is 45.0 Å². The van der Waals surface area contributed by atoms with Crippen LogP contribution in [0, 0.1) is 6.92 Å². The predicted molar refractivity (Wildman–Crippen MR) is 197 cm³/mol. The summed E-state index contributed by atoms with van der Waals surface area (Å²) in [6, 6.07) is 25.1. The van der Waals surface area contributed by atoms with Crippen LogP contribution in [0.1, 0.15) is 11.1 Å². The van der Waals surface area contributed by atoms with Crippen molar-refractivity contribution in [3.05, 3.63) is 120 Å². The minimum atomic E-state index is -4.95. The molecule has 5 rings (SSSR count). The molecule has 0 atom stereocenters. The van der Waals surface area contributed by atoms with Crippen LogP contribution in [0.4, 0.5) is 0 Å². The summed E-state index contributed by atoms with van der Waals surface area (Å²) in [5.41, 5.74) is 1.30. The Labute approximate surface area is 321 Å². The van der Waals surface area contributed by atoms with E-state index in [-0.39, 0.29) is 37.7 Å². The number of methoxy groups -OCH3 is 1. The first kappa shape index (κ1) is 43.2. The Kier molecular flexibility index (Phi) is 14.1. The molecule has 0 unspecified atom stereocenters. The van der Waals surface area contributed by atoms with E-state index < -0.39 is 49.7 Å². The molecule has 0 spiro atoms. The second-order valence-electron chi connectivity index (χ2n) is 11.2. The van der Waals surface area contributed by atoms with Gasteiger partial charge < -0.3 is 14.2 Å². The fourth-order valence-electron chi connectivity index (χ4n) is 4.53. The van der Waals surface area contributed by atoms with Gasteiger partial charge in [-0.25, -0.2) is 22.1 Å². The summed E-state index contributed by atoms with van der Waals surface area (Å²) < 4.78 is 135. The van der Waals surface area contributed by atoms with E-state index >= 15 is 0 Å². The quantitative estimate of drug-likeness (QED) is 0.0486. The van der Waals surface area contributed by atoms with Gasteiger partial charge >= 0.3 is 0 Å². The Morgan fingerprint density at radius 3 is 1.64 bits per heavy atom. The third-order valence-corrected chi connectivity index (χ3v) is 12.3. The molecule has 5 aromatic carbocycles. The van der Waals surface area contributed by atoms with Crippen molar-refractivity contribution in [2.45, 2.75) is 42.9 Å². The van der Waals surface area contributed by atoms with E-state index in [1.807, 2.05) is 6.92 Å². The van der Waals surface area contributed by atoms with E-state index in [9.17, 15) is 38.2 Å². The monoisotopic (exact) mass is 856 g/mol. The summed E-state index contributed by atoms with van der Waals surface area (Å²) in [7, 11) is -15.3. The number of hydrogen-bond acceptors (Lipinski definition) is 15. The van der Waals surface area contributed by atoms with Gasteiger partial charge in [0, 0.05) is 10.5 Å². The first-order valence-electron chi connectivity index (χ1n) is 15.2. The molecule has 0 fully saturated rings. The van der Waals surface area contributed by atoms with E-state index in [2.05, 4.69) is 9.37 Å². The van der Waals surface area contributed by atoms with Gasteiger partial charge in [0.2, 0.25) is 19.7 Å². The third kappa shape index (κ3) is 12.0. The highest BCUT2D eigenvalue weighted by Crippen LogP contribution is 2.35. The largest absolute Gasteiger partial charge is 0.497 e. The first-order chi connectivity index (χ1) is 25.7. The molecule has 0 heterocycles. The average Bonchev–Trinajstić information content (AvgIpc) is 3.13. The summed E-state index contributed by atoms with van der Waals surface area (Å²) in [4.78, 5) is -1.23. The fraction of sp³-hybridized carbons (Fsp3) is 0.118. The van der Waals surface area contributed by atoms with Gasteiger partial charge in [-0.3, -0.25) is 9.11 Å². The summed E-state index contributed by atoms with van der Waals surface area (Å²) in [5, 5.41) is 12.4. The molecule has 294 valence electrons. The first-order valence-corrected chi connectivity index (χ1v) is 22.2. The highest BCUT2D eigenvalue weighted by Gasteiger charge is 2.26. The number of hydrogen-bond donors (Lipinski definition) is 3. The van der Waals surface area contributed by atoms with Gasteiger partial charge in [0.25, 0.3) is 20.2 Å². The fourth-order valence-corrected chi connectivity index (χ4v) is 8.40. The van der Waals surface area contributed by atoms with Gasteiger partial charge in [-0.05, 0) is 97.9 Å². The number of sulfone groups is 2. The lowest BCUT2D eigenvalue weighted by molar-refractivity contribution is -0.432. The average molecular weight is 857 g/mol. The summed E-state index contributed by atoms with van der Waals surface area (Å²) in [5.74, 6) is 0.685. The molecule has 0 saturated heterocycles. The molecular weight excluding hydrogens is 825 g/mol. The van der Waals surface area contributed by atoms with Crippen molar-refractivity contribution in [1.29, 1.82) is 0 Å². The standard InChI is InChI=1S/C33H28O13S4.CH4O3S/c1-22-3-12-27(13-4-22)48(35,36)28-15-10-25(11-16-28)43-21-23-5-14-29(19-32(23)47-46-45-34)49(37,38)30-17-18-31(33(20-30)50(39,40)41)44-26-8-6-24(42-2)7-9-26;1-5(2,3)4/h3-20,34H,21H2,1-2H3,(H,39,40,41);1H3,(H,2,3,4). The van der Waals surface area contributed by atoms with Crippen molar-refractivity contribution in [1.82, 2.24) is 0 Å². The molecule has 0 bridgehead atoms. The van der Waals surface area contributed by atoms with Crippen molar-refractivity contribution >= 4 is 52.0 Å². The lowest BCUT2D eigenvalue weighted by atomic mass is 10.2. The number of rotatable bonds is 14. The lowest BCUT2D eigenvalue weighted by Crippen LogP contribution is -2.07. The molecule has 5 aromatic rings. The molecule has 0 aliphatic heterocycles. The number of ether oxygens (including phenoxy) is 3. The molecule has 0 aliphatic rings. The van der Waals surface area contributed by atoms with Crippen LogP contribution in [0.3, 0.4) is 0 Å². The van der Waals surface area contributed by atoms with Crippen LogP contribution in [0.5, 0.6) is 23.0 Å². The maximum absolute atomic E-state index is 13.7. The van der Waals surface area contributed by atoms with Gasteiger partial charge in [-0.2, -0.15) is 16.8 Å². The second kappa shape index (κ2) is 17.9. The van der Waals surface area contributed by atoms with Crippen LogP contribution in [-0.4, -0.2) is 61.4 Å². The Balaban J connectivity index is 0.00000126. The summed E-state index contributed by atoms with van der Waals surface area (Å²) >= 11 is 0.465. The van der Waals surface area contributed by atoms with Crippen LogP contribution in [0.25, 0.3) is 0 Å². The topological polar surface area (TPSA) is 243 Å². The highest BCUT2D eigenvalue weighted by atomic mass is 32.2. The smallest absolute Gasteiger partial charge is 0.298 e. The van der Waals surface area contributed by atoms with E-state index in [1.54, 1.807) is 24.3 Å². The van der Waals surface area contributed by atoms with E-state index in [0.29, 0.717) is 35.4 Å². The second-order valence-corrected chi connectivity index (χ2v) is 18.7. The Hall–Kier alpha value is -4.55. The van der Waals surface area contributed by atoms with E-state index in [1.165, 1.54) is 73.8 Å². The maximum atomic E-state index is 13.7. The van der Waals surface area contributed by atoms with Gasteiger partial charge in [0.1, 0.15) is 34.5 Å². The SMILES string of the molecule is COc1ccc(Oc2ccc(S(=O)(=O)c3ccc(COc4ccc(S(=O)(=O)c5ccc(C)cc5)cc4)c(SOOO)c3)cc2S(=O)(=O)O)cc1.CS(=O)(=O)O. The van der Waals surface area contributed by atoms with Crippen molar-refractivity contribution in [2.24, 2.45) is 0 Å². The predicted octanol–water partition coefficient (Wildman–Crippen LogP) is 6.22. The Morgan fingerprint density at radius 1 is 0.618 bits per heavy atom. The minimum Gasteiger partial charge on any atom is -0.497 e. The molecule has 3 N–H and O–H groups in total. The Bertz CT molecular complexity index is 2550. The van der Waals surface area contributed by atoms with Crippen LogP contribution >= 0.6 is 12.0 Å². The zero-order valence-corrected chi connectivity index (χ0v) is 32.9. The third-order valence-electron chi connectivity index (χ3n) is 7.15. The zero-order valence-electron chi connectivity index (χ0n) is 28.8. The zero-order chi connectivity index (χ0) is 40.6. The van der Waals surface area contributed by atoms with Gasteiger partial charge in [0.15, 0.2) is 0 Å². The molecule has 55 heavy (non-hydrogen) atoms. The van der Waals surface area contributed by atoms with Crippen LogP contribution < -0.4 is 14.2 Å². The number of benzene rings is 5. The van der Waals surface area contributed by atoms with E-state index in [0.717, 1.165) is 23.8 Å². The summed E-state index contributed by atoms with van der Waals surface area (Å²) in [6.07, 6.45) is 0.715. The molecular formula is C34H32O16S5. The minimum absolute atomic E-state index is 0.0606. The van der Waals surface area contributed by atoms with E-state index in [4.69, 9.17) is 24.0 Å². The molecule has 21 heteroatoms. The maximum Gasteiger partial charge on any atom is 0.298 e. The molecule has 16 nitrogen and oxygen atoms in total. The molecule has 0 amide bonds. The highest BCUT2D eigenvalue weighted by molar-refractivity contribution is 7.94. The molecule has 0 radical (unpaired) electrons. The van der Waals surface area contributed by atoms with Crippen LogP contribution in [-0.2, 0) is 55.9 Å². The van der Waals surface area contributed by atoms with Crippen molar-refractivity contribution in [2.75, 3.05) is 13.4 Å². The van der Waals surface area contributed by atoms with Crippen LogP contribution in [0.2, 0.25) is 0 Å². The van der Waals surface area contributed by atoms with Crippen molar-refractivity contribution in [3.63, 3.8) is 0 Å². The molecule has 0 aromatic heterocycles. The van der Waals surface area contributed by atoms with Gasteiger partial charge in [-0.1, -0.05) is 28.8 Å². The normalized spacial score (nSPS) is 12.0. The van der Waals surface area contributed by atoms with Crippen LogP contribution in [0.15, 0.2) is 139 Å². The van der Waals surface area contributed by atoms with Crippen molar-refractivity contribution in [3.8, 4) is 23.0 Å². The Morgan fingerprint density at radius 2 is 1.09 bits per heavy atom. The molecule has 0 aliphatic carbocycles. The number of aryl methyl sites for hydroxylation is 1. The molecule has 0 saturated carbocycles. The summed E-state index contributed by atoms with van der Waals surface area (Å²) in [6.45, 7) is 1.70. The van der Waals surface area contributed by atoms with Gasteiger partial charge in [-0.15, -0.1) is 4.33 Å². The lowest BCUT2D eigenvalue weighted by Gasteiger charge is -2.14.